The summed E-state index contributed by atoms with van der Waals surface area (Å²) in [7, 11) is 3.61. The van der Waals surface area contributed by atoms with Crippen LogP contribution in [-0.2, 0) is 7.05 Å². The zero-order chi connectivity index (χ0) is 17.6. The summed E-state index contributed by atoms with van der Waals surface area (Å²) in [6, 6.07) is 15.1. The van der Waals surface area contributed by atoms with E-state index in [4.69, 9.17) is 21.1 Å². The summed E-state index contributed by atoms with van der Waals surface area (Å²) in [6.07, 6.45) is 0. The monoisotopic (exact) mass is 375 g/mol. The van der Waals surface area contributed by atoms with Gasteiger partial charge in [-0.1, -0.05) is 35.5 Å². The molecule has 1 heterocycles. The Morgan fingerprint density at radius 2 is 1.88 bits per heavy atom. The Labute approximate surface area is 155 Å². The van der Waals surface area contributed by atoms with Gasteiger partial charge in [0.05, 0.1) is 13.7 Å². The van der Waals surface area contributed by atoms with Crippen LogP contribution in [0.25, 0.3) is 11.4 Å². The zero-order valence-corrected chi connectivity index (χ0v) is 15.5. The largest absolute Gasteiger partial charge is 0.497 e. The molecule has 1 aromatic heterocycles. The Bertz CT molecular complexity index is 837. The van der Waals surface area contributed by atoms with E-state index in [0.717, 1.165) is 33.8 Å². The lowest BCUT2D eigenvalue weighted by Crippen LogP contribution is -2.02. The summed E-state index contributed by atoms with van der Waals surface area (Å²) >= 11 is 7.46. The smallest absolute Gasteiger partial charge is 0.191 e. The highest BCUT2D eigenvalue weighted by Gasteiger charge is 2.11. The van der Waals surface area contributed by atoms with Gasteiger partial charge in [-0.2, -0.15) is 0 Å². The van der Waals surface area contributed by atoms with Crippen LogP contribution >= 0.6 is 23.4 Å². The molecule has 0 atom stereocenters. The van der Waals surface area contributed by atoms with E-state index in [1.165, 1.54) is 0 Å². The average Bonchev–Trinajstić information content (AvgIpc) is 3.01. The molecule has 0 N–H and O–H groups in total. The van der Waals surface area contributed by atoms with E-state index in [1.54, 1.807) is 18.9 Å². The Morgan fingerprint density at radius 1 is 1.08 bits per heavy atom. The molecule has 0 bridgehead atoms. The molecule has 0 aliphatic rings. The molecule has 3 aromatic rings. The van der Waals surface area contributed by atoms with Crippen molar-refractivity contribution in [3.05, 3.63) is 53.6 Å². The lowest BCUT2D eigenvalue weighted by Gasteiger charge is -2.07. The lowest BCUT2D eigenvalue weighted by molar-refractivity contribution is 0.344. The van der Waals surface area contributed by atoms with Crippen molar-refractivity contribution in [1.29, 1.82) is 0 Å². The summed E-state index contributed by atoms with van der Waals surface area (Å²) < 4.78 is 12.9. The predicted octanol–water partition coefficient (Wildman–Crippen LogP) is 4.32. The predicted molar refractivity (Wildman–Crippen MR) is 101 cm³/mol. The van der Waals surface area contributed by atoms with Gasteiger partial charge in [0.25, 0.3) is 0 Å². The van der Waals surface area contributed by atoms with Crippen LogP contribution in [0.1, 0.15) is 0 Å². The topological polar surface area (TPSA) is 49.2 Å². The summed E-state index contributed by atoms with van der Waals surface area (Å²) in [6.45, 7) is 0.577. The van der Waals surface area contributed by atoms with E-state index in [0.29, 0.717) is 11.6 Å². The van der Waals surface area contributed by atoms with Crippen molar-refractivity contribution in [3.8, 4) is 22.9 Å². The number of aromatic nitrogens is 3. The number of hydrogen-bond acceptors (Lipinski definition) is 5. The van der Waals surface area contributed by atoms with Crippen molar-refractivity contribution >= 4 is 23.4 Å². The first kappa shape index (κ1) is 17.6. The van der Waals surface area contributed by atoms with Crippen LogP contribution in [0.5, 0.6) is 11.5 Å². The molecule has 0 aliphatic carbocycles. The third-order valence-corrected chi connectivity index (χ3v) is 4.80. The van der Waals surface area contributed by atoms with E-state index in [9.17, 15) is 0 Å². The molecule has 5 nitrogen and oxygen atoms in total. The van der Waals surface area contributed by atoms with Gasteiger partial charge in [-0.3, -0.25) is 0 Å². The molecule has 0 unspecified atom stereocenters. The van der Waals surface area contributed by atoms with Gasteiger partial charge in [0.15, 0.2) is 11.0 Å². The Balaban J connectivity index is 1.58. The second-order valence-corrected chi connectivity index (χ2v) is 6.75. The number of rotatable bonds is 7. The number of ether oxygens (including phenoxy) is 2. The Hall–Kier alpha value is -2.18. The van der Waals surface area contributed by atoms with E-state index >= 15 is 0 Å². The second kappa shape index (κ2) is 8.27. The van der Waals surface area contributed by atoms with Crippen LogP contribution < -0.4 is 9.47 Å². The van der Waals surface area contributed by atoms with Crippen molar-refractivity contribution in [3.63, 3.8) is 0 Å². The van der Waals surface area contributed by atoms with Gasteiger partial charge < -0.3 is 14.0 Å². The quantitative estimate of drug-likeness (QED) is 0.454. The average molecular weight is 376 g/mol. The minimum Gasteiger partial charge on any atom is -0.497 e. The van der Waals surface area contributed by atoms with Crippen molar-refractivity contribution in [2.45, 2.75) is 5.16 Å². The number of nitrogens with zero attached hydrogens (tertiary/aromatic N) is 3. The van der Waals surface area contributed by atoms with Gasteiger partial charge in [0.1, 0.15) is 11.5 Å². The van der Waals surface area contributed by atoms with Gasteiger partial charge in [-0.15, -0.1) is 10.2 Å². The molecule has 0 radical (unpaired) electrons. The Morgan fingerprint density at radius 3 is 2.64 bits per heavy atom. The molecule has 2 aromatic carbocycles. The van der Waals surface area contributed by atoms with Crippen LogP contribution in [0.4, 0.5) is 0 Å². The molecule has 7 heteroatoms. The minimum atomic E-state index is 0.577. The van der Waals surface area contributed by atoms with E-state index in [2.05, 4.69) is 10.2 Å². The fourth-order valence-electron chi connectivity index (χ4n) is 2.28. The van der Waals surface area contributed by atoms with Crippen molar-refractivity contribution < 1.29 is 9.47 Å². The van der Waals surface area contributed by atoms with Gasteiger partial charge in [0, 0.05) is 23.4 Å². The molecular weight excluding hydrogens is 358 g/mol. The maximum absolute atomic E-state index is 5.86. The molecule has 0 fully saturated rings. The lowest BCUT2D eigenvalue weighted by atomic mass is 10.2. The first-order valence-electron chi connectivity index (χ1n) is 7.72. The molecule has 3 rings (SSSR count). The second-order valence-electron chi connectivity index (χ2n) is 5.25. The molecule has 0 spiro atoms. The SMILES string of the molecule is COc1cccc(-c2nnc(SCCOc3ccc(Cl)cc3)n2C)c1. The molecule has 130 valence electrons. The maximum Gasteiger partial charge on any atom is 0.191 e. The number of thioether (sulfide) groups is 1. The summed E-state index contributed by atoms with van der Waals surface area (Å²) in [5.74, 6) is 3.18. The number of methoxy groups -OCH3 is 1. The third-order valence-electron chi connectivity index (χ3n) is 3.56. The zero-order valence-electron chi connectivity index (χ0n) is 14.0. The van der Waals surface area contributed by atoms with Crippen LogP contribution in [0.15, 0.2) is 53.7 Å². The fourth-order valence-corrected chi connectivity index (χ4v) is 3.13. The van der Waals surface area contributed by atoms with E-state index in [1.807, 2.05) is 60.1 Å². The molecule has 0 saturated heterocycles. The van der Waals surface area contributed by atoms with Crippen LogP contribution in [0.3, 0.4) is 0 Å². The fraction of sp³-hybridized carbons (Fsp3) is 0.222. The number of benzene rings is 2. The minimum absolute atomic E-state index is 0.577. The van der Waals surface area contributed by atoms with Gasteiger partial charge in [0.2, 0.25) is 0 Å². The van der Waals surface area contributed by atoms with Crippen molar-refractivity contribution in [2.24, 2.45) is 7.05 Å². The van der Waals surface area contributed by atoms with E-state index < -0.39 is 0 Å². The molecule has 0 amide bonds. The molecule has 0 aliphatic heterocycles. The van der Waals surface area contributed by atoms with Gasteiger partial charge in [-0.05, 0) is 36.4 Å². The summed E-state index contributed by atoms with van der Waals surface area (Å²) in [5.41, 5.74) is 0.971. The normalized spacial score (nSPS) is 10.7. The molecular formula is C18H18ClN3O2S. The number of halogens is 1. The van der Waals surface area contributed by atoms with Gasteiger partial charge in [-0.25, -0.2) is 0 Å². The van der Waals surface area contributed by atoms with Crippen molar-refractivity contribution in [1.82, 2.24) is 14.8 Å². The first-order valence-corrected chi connectivity index (χ1v) is 9.08. The highest BCUT2D eigenvalue weighted by Crippen LogP contribution is 2.25. The maximum atomic E-state index is 5.86. The van der Waals surface area contributed by atoms with Crippen LogP contribution in [-0.4, -0.2) is 34.2 Å². The highest BCUT2D eigenvalue weighted by atomic mass is 35.5. The van der Waals surface area contributed by atoms with Crippen molar-refractivity contribution in [2.75, 3.05) is 19.5 Å². The van der Waals surface area contributed by atoms with Crippen LogP contribution in [0.2, 0.25) is 5.02 Å². The Kier molecular flexibility index (Phi) is 5.83. The molecule has 25 heavy (non-hydrogen) atoms. The highest BCUT2D eigenvalue weighted by molar-refractivity contribution is 7.99. The third kappa shape index (κ3) is 4.46. The van der Waals surface area contributed by atoms with Crippen LogP contribution in [0, 0.1) is 0 Å². The standard InChI is InChI=1S/C18H18ClN3O2S/c1-22-17(13-4-3-5-16(12-13)23-2)20-21-18(22)25-11-10-24-15-8-6-14(19)7-9-15/h3-9,12H,10-11H2,1-2H3. The van der Waals surface area contributed by atoms with Gasteiger partial charge >= 0.3 is 0 Å². The van der Waals surface area contributed by atoms with E-state index in [-0.39, 0.29) is 0 Å². The summed E-state index contributed by atoms with van der Waals surface area (Å²) in [5, 5.41) is 10.1. The first-order chi connectivity index (χ1) is 12.2. The number of hydrogen-bond donors (Lipinski definition) is 0. The summed E-state index contributed by atoms with van der Waals surface area (Å²) in [4.78, 5) is 0. The molecule has 0 saturated carbocycles.